The Morgan fingerprint density at radius 3 is 1.03 bits per heavy atom. The summed E-state index contributed by atoms with van der Waals surface area (Å²) in [6, 6.07) is 139. The fraction of sp³-hybridized carbons (Fsp3) is 0.0588. The monoisotopic (exact) mass is 1340 g/mol. The highest BCUT2D eigenvalue weighted by Gasteiger charge is 2.53. The summed E-state index contributed by atoms with van der Waals surface area (Å²) in [5.41, 5.74) is 37.7. The minimum absolute atomic E-state index is 0.515. The summed E-state index contributed by atoms with van der Waals surface area (Å²) < 4.78 is 6.69. The molecule has 0 aliphatic heterocycles. The van der Waals surface area contributed by atoms with Crippen LogP contribution in [0.5, 0.6) is 0 Å². The van der Waals surface area contributed by atoms with Gasteiger partial charge in [-0.05, 0) is 228 Å². The molecule has 1 spiro atoms. The number of fused-ring (bicyclic) bond motifs is 19. The van der Waals surface area contributed by atoms with Crippen LogP contribution >= 0.6 is 0 Å². The molecule has 105 heavy (non-hydrogen) atoms. The van der Waals surface area contributed by atoms with Crippen molar-refractivity contribution in [3.63, 3.8) is 0 Å². The van der Waals surface area contributed by atoms with Crippen molar-refractivity contribution in [3.8, 4) is 55.6 Å². The fourth-order valence-electron chi connectivity index (χ4n) is 19.4. The Morgan fingerprint density at radius 1 is 0.229 bits per heavy atom. The van der Waals surface area contributed by atoms with Gasteiger partial charge in [-0.25, -0.2) is 0 Å². The van der Waals surface area contributed by atoms with Crippen molar-refractivity contribution in [1.29, 1.82) is 0 Å². The van der Waals surface area contributed by atoms with Crippen LogP contribution in [0.1, 0.15) is 83.5 Å². The molecule has 21 rings (SSSR count). The van der Waals surface area contributed by atoms with Gasteiger partial charge in [0, 0.05) is 33.8 Å². The van der Waals surface area contributed by atoms with E-state index < -0.39 is 16.2 Å². The van der Waals surface area contributed by atoms with E-state index in [4.69, 9.17) is 4.42 Å². The molecule has 0 saturated carbocycles. The molecule has 0 saturated heterocycles. The molecule has 4 aliphatic rings. The van der Waals surface area contributed by atoms with Gasteiger partial charge in [0.1, 0.15) is 11.2 Å². The van der Waals surface area contributed by atoms with E-state index >= 15 is 0 Å². The van der Waals surface area contributed by atoms with Crippen LogP contribution in [0.15, 0.2) is 374 Å². The molecule has 0 N–H and O–H groups in total. The SMILES string of the molecule is Cc1ccc2c(c1)C(c1ccccc1)(c1ccccc1)c1cc(N(c3ccc(-c4ccc(N(c5ccc6c(c5)C5(c7ccccc7-c7ccccc75)c5ccccc5-6)c5cccc6oc7ccccc7c56)cc4)c(C)c3)c3ccc4c(c3)C(c3ccccc3)(c3ccccc3)c3cc(C)ccc3-4)ccc1-2. The van der Waals surface area contributed by atoms with Crippen LogP contribution in [0, 0.1) is 20.8 Å². The molecule has 1 aromatic heterocycles. The van der Waals surface area contributed by atoms with Gasteiger partial charge in [0.05, 0.1) is 27.3 Å². The van der Waals surface area contributed by atoms with Gasteiger partial charge in [-0.15, -0.1) is 0 Å². The highest BCUT2D eigenvalue weighted by atomic mass is 16.3. The number of para-hydroxylation sites is 1. The lowest BCUT2D eigenvalue weighted by Gasteiger charge is -2.36. The maximum absolute atomic E-state index is 6.69. The predicted molar refractivity (Wildman–Crippen MR) is 434 cm³/mol. The van der Waals surface area contributed by atoms with Crippen molar-refractivity contribution >= 4 is 56.1 Å². The molecule has 0 fully saturated rings. The molecule has 0 bridgehead atoms. The molecule has 16 aromatic carbocycles. The van der Waals surface area contributed by atoms with Crippen LogP contribution in [0.25, 0.3) is 77.6 Å². The van der Waals surface area contributed by atoms with Crippen LogP contribution < -0.4 is 9.80 Å². The molecule has 4 aliphatic carbocycles. The Bertz CT molecular complexity index is 6050. The van der Waals surface area contributed by atoms with E-state index in [1.54, 1.807) is 0 Å². The van der Waals surface area contributed by atoms with Gasteiger partial charge in [-0.1, -0.05) is 302 Å². The van der Waals surface area contributed by atoms with E-state index in [-0.39, 0.29) is 0 Å². The zero-order chi connectivity index (χ0) is 69.7. The van der Waals surface area contributed by atoms with E-state index in [0.29, 0.717) is 0 Å². The van der Waals surface area contributed by atoms with Gasteiger partial charge in [0.25, 0.3) is 0 Å². The minimum Gasteiger partial charge on any atom is -0.456 e. The Hall–Kier alpha value is -13.1. The molecule has 3 heteroatoms. The van der Waals surface area contributed by atoms with E-state index in [2.05, 4.69) is 401 Å². The van der Waals surface area contributed by atoms with Crippen molar-refractivity contribution in [3.05, 3.63) is 454 Å². The Labute approximate surface area is 612 Å². The summed E-state index contributed by atoms with van der Waals surface area (Å²) in [6.07, 6.45) is 0. The summed E-state index contributed by atoms with van der Waals surface area (Å²) in [6.45, 7) is 6.74. The van der Waals surface area contributed by atoms with Crippen molar-refractivity contribution < 1.29 is 4.42 Å². The normalized spacial score (nSPS) is 13.9. The number of rotatable bonds is 11. The lowest BCUT2D eigenvalue weighted by atomic mass is 9.67. The molecule has 1 heterocycles. The van der Waals surface area contributed by atoms with E-state index in [0.717, 1.165) is 72.8 Å². The third-order valence-corrected chi connectivity index (χ3v) is 23.7. The summed E-state index contributed by atoms with van der Waals surface area (Å²) in [7, 11) is 0. The van der Waals surface area contributed by atoms with Crippen LogP contribution in [0.3, 0.4) is 0 Å². The van der Waals surface area contributed by atoms with Gasteiger partial charge in [0.15, 0.2) is 0 Å². The highest BCUT2D eigenvalue weighted by Crippen LogP contribution is 2.65. The molecule has 17 aromatic rings. The van der Waals surface area contributed by atoms with Crippen molar-refractivity contribution in [1.82, 2.24) is 0 Å². The molecule has 0 radical (unpaired) electrons. The number of hydrogen-bond acceptors (Lipinski definition) is 3. The smallest absolute Gasteiger partial charge is 0.137 e. The highest BCUT2D eigenvalue weighted by molar-refractivity contribution is 6.13. The van der Waals surface area contributed by atoms with Crippen LogP contribution in [-0.2, 0) is 16.2 Å². The van der Waals surface area contributed by atoms with Crippen molar-refractivity contribution in [2.45, 2.75) is 37.0 Å². The third-order valence-electron chi connectivity index (χ3n) is 23.7. The molecular weight excluding hydrogens is 1270 g/mol. The fourth-order valence-corrected chi connectivity index (χ4v) is 19.4. The van der Waals surface area contributed by atoms with Crippen molar-refractivity contribution in [2.75, 3.05) is 9.80 Å². The number of nitrogens with zero attached hydrogens (tertiary/aromatic N) is 2. The summed E-state index contributed by atoms with van der Waals surface area (Å²) in [5, 5.41) is 2.16. The second-order valence-corrected chi connectivity index (χ2v) is 29.1. The summed E-state index contributed by atoms with van der Waals surface area (Å²) in [5.74, 6) is 0. The summed E-state index contributed by atoms with van der Waals surface area (Å²) in [4.78, 5) is 5.00. The number of aryl methyl sites for hydroxylation is 3. The number of hydrogen-bond donors (Lipinski definition) is 0. The second-order valence-electron chi connectivity index (χ2n) is 29.1. The van der Waals surface area contributed by atoms with Gasteiger partial charge in [-0.3, -0.25) is 0 Å². The first-order valence-electron chi connectivity index (χ1n) is 36.7. The predicted octanol–water partition coefficient (Wildman–Crippen LogP) is 26.2. The quantitative estimate of drug-likeness (QED) is 0.129. The molecule has 3 nitrogen and oxygen atoms in total. The third kappa shape index (κ3) is 8.61. The number of anilines is 6. The zero-order valence-corrected chi connectivity index (χ0v) is 58.5. The number of benzene rings is 16. The number of furan rings is 1. The van der Waals surface area contributed by atoms with Crippen molar-refractivity contribution in [2.24, 2.45) is 0 Å². The largest absolute Gasteiger partial charge is 0.456 e. The molecule has 0 amide bonds. The zero-order valence-electron chi connectivity index (χ0n) is 58.5. The molecule has 0 atom stereocenters. The van der Waals surface area contributed by atoms with Crippen LogP contribution in [0.4, 0.5) is 34.1 Å². The lowest BCUT2D eigenvalue weighted by molar-refractivity contribution is 0.669. The molecule has 494 valence electrons. The molecular formula is C102H70N2O. The average Bonchev–Trinajstić information content (AvgIpc) is 1.53. The average molecular weight is 1340 g/mol. The molecule has 0 unspecified atom stereocenters. The van der Waals surface area contributed by atoms with Crippen LogP contribution in [-0.4, -0.2) is 0 Å². The van der Waals surface area contributed by atoms with E-state index in [1.807, 2.05) is 0 Å². The topological polar surface area (TPSA) is 19.6 Å². The Kier molecular flexibility index (Phi) is 13.4. The first-order valence-corrected chi connectivity index (χ1v) is 36.7. The lowest BCUT2D eigenvalue weighted by Crippen LogP contribution is -2.29. The Balaban J connectivity index is 0.745. The summed E-state index contributed by atoms with van der Waals surface area (Å²) >= 11 is 0. The first kappa shape index (κ1) is 60.7. The van der Waals surface area contributed by atoms with Gasteiger partial charge < -0.3 is 14.2 Å². The standard InChI is InChI=1S/C102H70N2O/c1-65-43-53-82-85-56-50-75(62-93(85)100(91(82)59-65,69-25-8-4-9-26-69)70-27-10-5-11-28-70)103(76-51-57-86-83-54-44-66(2)60-92(83)101(94(86)63-76,71-29-12-6-13-30-71)72-31-14-7-15-32-72)74-49-55-78(67(3)61-74)68-45-47-73(48-46-68)104(96-40-24-42-98-99(96)87-36-19-23-41-97(87)105-98)77-52-58-84-81-35-18-22-39-90(81)102(95(84)64-77)88-37-20-16-33-79(88)80-34-17-21-38-89(80)102/h4-64H,1-3H3. The van der Waals surface area contributed by atoms with Gasteiger partial charge in [-0.2, -0.15) is 0 Å². The minimum atomic E-state index is -0.614. The van der Waals surface area contributed by atoms with E-state index in [9.17, 15) is 0 Å². The van der Waals surface area contributed by atoms with Crippen LogP contribution in [0.2, 0.25) is 0 Å². The van der Waals surface area contributed by atoms with E-state index in [1.165, 1.54) is 122 Å². The maximum Gasteiger partial charge on any atom is 0.137 e. The van der Waals surface area contributed by atoms with Gasteiger partial charge >= 0.3 is 0 Å². The Morgan fingerprint density at radius 2 is 0.571 bits per heavy atom. The second kappa shape index (κ2) is 23.2. The first-order chi connectivity index (χ1) is 51.8. The maximum atomic E-state index is 6.69. The van der Waals surface area contributed by atoms with Gasteiger partial charge in [0.2, 0.25) is 0 Å².